The van der Waals surface area contributed by atoms with Gasteiger partial charge in [0.25, 0.3) is 0 Å². The number of esters is 2. The van der Waals surface area contributed by atoms with Crippen LogP contribution < -0.4 is 31.3 Å². The van der Waals surface area contributed by atoms with Crippen molar-refractivity contribution in [2.75, 3.05) is 29.5 Å². The number of carbonyl (C=O) groups excluding carboxylic acids is 2. The molecular weight excluding hydrogens is 1430 g/mol. The van der Waals surface area contributed by atoms with E-state index in [0.29, 0.717) is 71.4 Å². The zero-order valence-corrected chi connectivity index (χ0v) is 55.7. The Labute approximate surface area is 516 Å². The molecule has 6 atom stereocenters. The number of nitrogen functional groups attached to an aromatic ring is 2. The summed E-state index contributed by atoms with van der Waals surface area (Å²) in [5.41, 5.74) is 19.1. The molecule has 4 aromatic heterocycles. The molecule has 8 N–H and O–H groups in total. The predicted molar refractivity (Wildman–Crippen MR) is 336 cm³/mol. The lowest BCUT2D eigenvalue weighted by Crippen LogP contribution is -2.38. The minimum atomic E-state index is -3.91. The van der Waals surface area contributed by atoms with Crippen LogP contribution in [0.2, 0.25) is 0 Å². The van der Waals surface area contributed by atoms with Gasteiger partial charge in [0.05, 0.1) is 61.6 Å². The van der Waals surface area contributed by atoms with Crippen molar-refractivity contribution in [2.45, 2.75) is 125 Å². The molecule has 0 bridgehead atoms. The van der Waals surface area contributed by atoms with Crippen LogP contribution in [0.25, 0.3) is 22.3 Å². The fourth-order valence-electron chi connectivity index (χ4n) is 5.93. The van der Waals surface area contributed by atoms with E-state index in [1.54, 1.807) is 124 Å². The summed E-state index contributed by atoms with van der Waals surface area (Å²) in [6.45, 7) is 16.6. The molecular formula is C47H69Cl4I2N13O12P2S. The van der Waals surface area contributed by atoms with Gasteiger partial charge in [-0.3, -0.25) is 14.2 Å². The largest absolute Gasteiger partial charge is 0.462 e. The summed E-state index contributed by atoms with van der Waals surface area (Å²) in [4.78, 5) is 57.8. The Bertz CT molecular complexity index is 2890. The molecule has 81 heavy (non-hydrogen) atoms. The molecule has 0 aliphatic heterocycles. The van der Waals surface area contributed by atoms with Crippen LogP contribution in [0.15, 0.2) is 86.0 Å². The number of anilines is 2. The van der Waals surface area contributed by atoms with Crippen molar-refractivity contribution in [1.29, 1.82) is 5.26 Å². The van der Waals surface area contributed by atoms with Gasteiger partial charge in [0.1, 0.15) is 53.6 Å². The summed E-state index contributed by atoms with van der Waals surface area (Å²) in [5, 5.41) is 10.4. The quantitative estimate of drug-likeness (QED) is 0.0139. The van der Waals surface area contributed by atoms with E-state index in [1.807, 2.05) is 19.9 Å². The first-order chi connectivity index (χ1) is 38.3. The number of nitrogens with one attached hydrogen (secondary N) is 1. The van der Waals surface area contributed by atoms with Crippen LogP contribution in [-0.2, 0) is 60.0 Å². The van der Waals surface area contributed by atoms with E-state index < -0.39 is 48.7 Å². The number of ether oxygens (including phenoxy) is 4. The highest BCUT2D eigenvalue weighted by Crippen LogP contribution is 2.45. The average molecular weight is 1500 g/mol. The number of nitrogens with zero attached hydrogens (tertiary/aromatic N) is 9. The lowest BCUT2D eigenvalue weighted by Gasteiger charge is -2.26. The third-order valence-corrected chi connectivity index (χ3v) is 12.0. The minimum Gasteiger partial charge on any atom is -0.462 e. The van der Waals surface area contributed by atoms with Gasteiger partial charge in [-0.05, 0) is 78.6 Å². The Morgan fingerprint density at radius 2 is 1.11 bits per heavy atom. The maximum absolute atomic E-state index is 13.8. The van der Waals surface area contributed by atoms with Crippen LogP contribution in [-0.4, -0.2) is 115 Å². The number of benzene rings is 2. The Kier molecular flexibility index (Phi) is 40.9. The van der Waals surface area contributed by atoms with E-state index in [4.69, 9.17) is 77.9 Å². The molecule has 6 rings (SSSR count). The summed E-state index contributed by atoms with van der Waals surface area (Å²) in [6.07, 6.45) is 5.10. The molecule has 0 fully saturated rings. The highest BCUT2D eigenvalue weighted by atomic mass is 128. The standard InChI is InChI=1S/C22H31N6O5P.C15H18N5O4P.C7H15NO2.C2H3N.CH2Cl2.Cl2OS.I2/c1-5-18(22(29)32-15(2)3)27-34(30,33-17-9-7-6-8-10-17)14-31-16(4)11-28-13-26-19-20(23)24-12-25-21(19)28;1-11(7-20-9-19-13-14(16)17-8-18-15(13)20)23-10-25(21,22)24-12-5-3-2-4-6-12;1-4-6(8)7(9)10-5(2)3;1-2-3;2-1-3;1-4(2)3;1-2/h6-10,12-13,15-16,18H,5,11,14H2,1-4H3,(H,27,30)(H2,23,24,25);2-6,8-9,11H,7,10H2,1H3,(H,21,22)(H2,16,17,18);5-6H,4,8H2,1-3H3;1H3;1H2;;/t16-,18+,34?;11-;6-;;;;/m110..../s1. The van der Waals surface area contributed by atoms with Crippen molar-refractivity contribution >= 4 is 152 Å². The van der Waals surface area contributed by atoms with E-state index in [-0.39, 0.29) is 42.1 Å². The molecule has 0 aliphatic carbocycles. The molecule has 6 aromatic rings. The van der Waals surface area contributed by atoms with Crippen LogP contribution in [0.4, 0.5) is 11.6 Å². The second kappa shape index (κ2) is 42.9. The van der Waals surface area contributed by atoms with Gasteiger partial charge < -0.3 is 59.2 Å². The summed E-state index contributed by atoms with van der Waals surface area (Å²) in [6, 6.07) is 17.7. The molecule has 452 valence electrons. The SMILES string of the molecule is CC#N.CC[C@H](N)C(=O)OC(C)C.CC[C@H](NP(=O)(CO[C@H](C)Cn1cnc2c(N)ncnc21)Oc1ccccc1)C(=O)OC(C)C.C[C@H](Cn1cnc2c(N)ncnc21)OCP(=O)(O)Oc1ccccc1.ClCCl.II.O=S(Cl)Cl. The number of hydrogen-bond acceptors (Lipinski definition) is 21. The van der Waals surface area contributed by atoms with E-state index in [0.717, 1.165) is 0 Å². The molecule has 0 radical (unpaired) electrons. The molecule has 0 aliphatic rings. The smallest absolute Gasteiger partial charge is 0.402 e. The fourth-order valence-corrected chi connectivity index (χ4v) is 8.74. The Morgan fingerprint density at radius 1 is 0.728 bits per heavy atom. The maximum atomic E-state index is 13.8. The first-order valence-electron chi connectivity index (χ1n) is 24.0. The number of rotatable bonds is 22. The van der Waals surface area contributed by atoms with Gasteiger partial charge in [0.15, 0.2) is 29.3 Å². The van der Waals surface area contributed by atoms with Gasteiger partial charge in [0.2, 0.25) is 9.23 Å². The number of nitriles is 1. The third kappa shape index (κ3) is 32.7. The number of aromatic nitrogens is 8. The number of para-hydroxylation sites is 2. The van der Waals surface area contributed by atoms with Gasteiger partial charge >= 0.3 is 27.1 Å². The van der Waals surface area contributed by atoms with Crippen LogP contribution in [0.3, 0.4) is 0 Å². The maximum Gasteiger partial charge on any atom is 0.402 e. The Hall–Kier alpha value is -3.80. The number of imidazole rings is 2. The van der Waals surface area contributed by atoms with Gasteiger partial charge in [-0.2, -0.15) is 5.26 Å². The number of carbonyl (C=O) groups is 2. The van der Waals surface area contributed by atoms with Crippen LogP contribution in [0.5, 0.6) is 11.5 Å². The Balaban J connectivity index is 0.00000118. The second-order valence-electron chi connectivity index (χ2n) is 16.6. The van der Waals surface area contributed by atoms with Crippen LogP contribution in [0, 0.1) is 11.3 Å². The summed E-state index contributed by atoms with van der Waals surface area (Å²) < 4.78 is 70.9. The van der Waals surface area contributed by atoms with E-state index in [2.05, 4.69) is 93.6 Å². The van der Waals surface area contributed by atoms with E-state index in [1.165, 1.54) is 19.6 Å². The van der Waals surface area contributed by atoms with Gasteiger partial charge in [-0.1, -0.05) is 50.2 Å². The molecule has 4 heterocycles. The Morgan fingerprint density at radius 3 is 1.49 bits per heavy atom. The van der Waals surface area contributed by atoms with Crippen LogP contribution >= 0.6 is 96.9 Å². The monoisotopic (exact) mass is 1500 g/mol. The zero-order chi connectivity index (χ0) is 61.7. The summed E-state index contributed by atoms with van der Waals surface area (Å²) >= 11 is 13.8. The second-order valence-corrected chi connectivity index (χ2v) is 23.7. The number of alkyl halides is 2. The first-order valence-corrected chi connectivity index (χ1v) is 37.7. The predicted octanol–water partition coefficient (Wildman–Crippen LogP) is 10.8. The van der Waals surface area contributed by atoms with Crippen molar-refractivity contribution < 1.29 is 55.8 Å². The number of halogens is 6. The van der Waals surface area contributed by atoms with Crippen molar-refractivity contribution in [3.63, 3.8) is 0 Å². The van der Waals surface area contributed by atoms with E-state index >= 15 is 0 Å². The molecule has 25 nitrogen and oxygen atoms in total. The molecule has 34 heteroatoms. The highest BCUT2D eigenvalue weighted by molar-refractivity contribution is 15.0. The van der Waals surface area contributed by atoms with Crippen molar-refractivity contribution in [1.82, 2.24) is 44.1 Å². The summed E-state index contributed by atoms with van der Waals surface area (Å²) in [5.74, 6) is 0.503. The number of nitrogens with two attached hydrogens (primary N) is 3. The first kappa shape index (κ1) is 77.2. The number of hydrogen-bond donors (Lipinski definition) is 5. The average Bonchev–Trinajstić information content (AvgIpc) is 4.03. The summed E-state index contributed by atoms with van der Waals surface area (Å²) in [7, 11) is -0.204. The highest BCUT2D eigenvalue weighted by Gasteiger charge is 2.33. The molecule has 2 aromatic carbocycles. The van der Waals surface area contributed by atoms with Crippen molar-refractivity contribution in [3.05, 3.63) is 86.0 Å². The molecule has 0 saturated heterocycles. The van der Waals surface area contributed by atoms with Crippen molar-refractivity contribution in [2.24, 2.45) is 5.73 Å². The van der Waals surface area contributed by atoms with E-state index in [9.17, 15) is 23.6 Å². The van der Waals surface area contributed by atoms with Crippen LogP contribution in [0.1, 0.15) is 75.2 Å². The molecule has 0 spiro atoms. The molecule has 2 unspecified atom stereocenters. The molecule has 0 saturated carbocycles. The van der Waals surface area contributed by atoms with Crippen molar-refractivity contribution in [3.8, 4) is 17.6 Å². The zero-order valence-electron chi connectivity index (χ0n) is 45.8. The topological polar surface area (TPSA) is 362 Å². The van der Waals surface area contributed by atoms with Gasteiger partial charge in [-0.25, -0.2) is 43.8 Å². The number of fused-ring (bicyclic) bond motifs is 2. The minimum absolute atomic E-state index is 0.0647. The molecule has 0 amide bonds. The van der Waals surface area contributed by atoms with Gasteiger partial charge in [0, 0.05) is 65.5 Å². The lowest BCUT2D eigenvalue weighted by molar-refractivity contribution is -0.150. The lowest BCUT2D eigenvalue weighted by atomic mass is 10.2. The normalized spacial score (nSPS) is 13.4. The third-order valence-electron chi connectivity index (χ3n) is 9.30. The van der Waals surface area contributed by atoms with Gasteiger partial charge in [-0.15, -0.1) is 23.2 Å². The fraction of sp³-hybridized carbons (Fsp3) is 0.468.